The fraction of sp³-hybridized carbons (Fsp3) is 0.125. The normalized spacial score (nSPS) is 11.4. The minimum absolute atomic E-state index is 0.0273. The number of rotatable bonds is 6. The van der Waals surface area contributed by atoms with E-state index in [-0.39, 0.29) is 12.1 Å². The first-order chi connectivity index (χ1) is 12.2. The summed E-state index contributed by atoms with van der Waals surface area (Å²) in [5.41, 5.74) is 2.07. The molecule has 3 aromatic rings. The third-order valence-electron chi connectivity index (χ3n) is 3.64. The van der Waals surface area contributed by atoms with Gasteiger partial charge in [-0.05, 0) is 21.6 Å². The number of benzene rings is 2. The van der Waals surface area contributed by atoms with Gasteiger partial charge < -0.3 is 5.21 Å². The Morgan fingerprint density at radius 3 is 2.52 bits per heavy atom. The number of oxime groups is 1. The summed E-state index contributed by atoms with van der Waals surface area (Å²) in [6.45, 7) is 0.355. The molecule has 1 N–H and O–H groups in total. The molecule has 0 unspecified atom stereocenters. The van der Waals surface area contributed by atoms with Crippen LogP contribution < -0.4 is 0 Å². The minimum Gasteiger partial charge on any atom is -0.411 e. The summed E-state index contributed by atoms with van der Waals surface area (Å²) in [5.74, 6) is 0.523. The first kappa shape index (κ1) is 16.2. The Labute approximate surface area is 142 Å². The molecule has 0 atom stereocenters. The van der Waals surface area contributed by atoms with Crippen LogP contribution in [-0.2, 0) is 13.0 Å². The lowest BCUT2D eigenvalue weighted by atomic mass is 10.1. The van der Waals surface area contributed by atoms with Crippen molar-refractivity contribution in [3.8, 4) is 0 Å². The molecule has 0 aliphatic heterocycles. The highest BCUT2D eigenvalue weighted by Gasteiger charge is 2.13. The molecule has 0 fully saturated rings. The highest BCUT2D eigenvalue weighted by Crippen LogP contribution is 2.13. The van der Waals surface area contributed by atoms with E-state index < -0.39 is 4.92 Å². The van der Waals surface area contributed by atoms with Crippen molar-refractivity contribution in [2.45, 2.75) is 13.0 Å². The van der Waals surface area contributed by atoms with Crippen LogP contribution in [0.3, 0.4) is 0 Å². The Hall–Kier alpha value is -3.62. The van der Waals surface area contributed by atoms with Gasteiger partial charge in [0.15, 0.2) is 5.82 Å². The van der Waals surface area contributed by atoms with Gasteiger partial charge in [0, 0.05) is 12.1 Å². The third kappa shape index (κ3) is 3.83. The van der Waals surface area contributed by atoms with Crippen molar-refractivity contribution in [3.63, 3.8) is 0 Å². The molecule has 0 aliphatic rings. The largest absolute Gasteiger partial charge is 0.411 e. The molecule has 25 heavy (non-hydrogen) atoms. The maximum Gasteiger partial charge on any atom is 0.269 e. The number of nitro groups is 1. The fourth-order valence-electron chi connectivity index (χ4n) is 2.34. The molecule has 0 aliphatic carbocycles. The predicted molar refractivity (Wildman–Crippen MR) is 88.5 cm³/mol. The summed E-state index contributed by atoms with van der Waals surface area (Å²) in [5, 5.41) is 34.9. The third-order valence-corrected chi connectivity index (χ3v) is 3.64. The van der Waals surface area contributed by atoms with E-state index >= 15 is 0 Å². The monoisotopic (exact) mass is 338 g/mol. The molecular formula is C16H14N6O3. The van der Waals surface area contributed by atoms with Gasteiger partial charge in [-0.15, -0.1) is 5.10 Å². The zero-order chi connectivity index (χ0) is 17.6. The van der Waals surface area contributed by atoms with E-state index in [4.69, 9.17) is 0 Å². The van der Waals surface area contributed by atoms with Crippen LogP contribution in [0.15, 0.2) is 59.8 Å². The van der Waals surface area contributed by atoms with E-state index in [1.54, 1.807) is 16.8 Å². The van der Waals surface area contributed by atoms with Crippen molar-refractivity contribution < 1.29 is 10.1 Å². The van der Waals surface area contributed by atoms with E-state index in [0.717, 1.165) is 11.1 Å². The number of nitrogens with zero attached hydrogens (tertiary/aromatic N) is 6. The first-order valence-corrected chi connectivity index (χ1v) is 7.42. The number of tetrazole rings is 1. The van der Waals surface area contributed by atoms with Crippen molar-refractivity contribution in [3.05, 3.63) is 81.7 Å². The van der Waals surface area contributed by atoms with Gasteiger partial charge >= 0.3 is 0 Å². The van der Waals surface area contributed by atoms with E-state index in [1.165, 1.54) is 12.1 Å². The second-order valence-corrected chi connectivity index (χ2v) is 5.27. The molecule has 1 heterocycles. The van der Waals surface area contributed by atoms with E-state index in [0.29, 0.717) is 18.1 Å². The number of nitro benzene ring substituents is 1. The van der Waals surface area contributed by atoms with Crippen molar-refractivity contribution >= 4 is 11.4 Å². The van der Waals surface area contributed by atoms with Crippen molar-refractivity contribution in [1.29, 1.82) is 0 Å². The highest BCUT2D eigenvalue weighted by atomic mass is 16.6. The Balaban J connectivity index is 1.77. The molecule has 0 bridgehead atoms. The van der Waals surface area contributed by atoms with Crippen LogP contribution in [0.2, 0.25) is 0 Å². The van der Waals surface area contributed by atoms with Gasteiger partial charge in [-0.2, -0.15) is 0 Å². The smallest absolute Gasteiger partial charge is 0.269 e. The number of aromatic nitrogens is 4. The summed E-state index contributed by atoms with van der Waals surface area (Å²) in [7, 11) is 0. The van der Waals surface area contributed by atoms with Crippen LogP contribution in [0.1, 0.15) is 17.0 Å². The van der Waals surface area contributed by atoms with Crippen LogP contribution >= 0.6 is 0 Å². The molecule has 0 spiro atoms. The number of hydrogen-bond donors (Lipinski definition) is 1. The first-order valence-electron chi connectivity index (χ1n) is 7.42. The molecule has 0 amide bonds. The minimum atomic E-state index is -0.448. The van der Waals surface area contributed by atoms with Gasteiger partial charge in [0.05, 0.1) is 23.6 Å². The zero-order valence-electron chi connectivity index (χ0n) is 13.1. The second kappa shape index (κ2) is 7.30. The average molecular weight is 338 g/mol. The molecule has 3 rings (SSSR count). The van der Waals surface area contributed by atoms with Gasteiger partial charge in [-0.25, -0.2) is 4.68 Å². The maximum absolute atomic E-state index is 10.7. The highest BCUT2D eigenvalue weighted by molar-refractivity contribution is 6.01. The van der Waals surface area contributed by atoms with Crippen molar-refractivity contribution in [2.75, 3.05) is 0 Å². The number of non-ortho nitro benzene ring substituents is 1. The van der Waals surface area contributed by atoms with Gasteiger partial charge in [0.1, 0.15) is 0 Å². The van der Waals surface area contributed by atoms with Gasteiger partial charge in [-0.1, -0.05) is 47.6 Å². The lowest BCUT2D eigenvalue weighted by Crippen LogP contribution is -2.13. The Kier molecular flexibility index (Phi) is 4.74. The van der Waals surface area contributed by atoms with Crippen LogP contribution in [-0.4, -0.2) is 36.0 Å². The quantitative estimate of drug-likeness (QED) is 0.318. The van der Waals surface area contributed by atoms with Gasteiger partial charge in [0.2, 0.25) is 0 Å². The summed E-state index contributed by atoms with van der Waals surface area (Å²) in [6, 6.07) is 15.4. The molecule has 0 saturated carbocycles. The summed E-state index contributed by atoms with van der Waals surface area (Å²) in [6.07, 6.45) is 0.250. The van der Waals surface area contributed by atoms with Crippen LogP contribution in [0, 0.1) is 10.1 Å². The predicted octanol–water partition coefficient (Wildman–Crippen LogP) is 2.05. The fourth-order valence-corrected chi connectivity index (χ4v) is 2.34. The zero-order valence-corrected chi connectivity index (χ0v) is 13.1. The Morgan fingerprint density at radius 1 is 1.16 bits per heavy atom. The van der Waals surface area contributed by atoms with Gasteiger partial charge in [-0.3, -0.25) is 10.1 Å². The molecular weight excluding hydrogens is 324 g/mol. The molecule has 126 valence electrons. The Morgan fingerprint density at radius 2 is 1.88 bits per heavy atom. The number of hydrogen-bond acceptors (Lipinski definition) is 7. The lowest BCUT2D eigenvalue weighted by Gasteiger charge is -2.06. The van der Waals surface area contributed by atoms with Gasteiger partial charge in [0.25, 0.3) is 5.69 Å². The van der Waals surface area contributed by atoms with E-state index in [9.17, 15) is 15.3 Å². The molecule has 2 aromatic carbocycles. The topological polar surface area (TPSA) is 119 Å². The summed E-state index contributed by atoms with van der Waals surface area (Å²) >= 11 is 0. The maximum atomic E-state index is 10.7. The van der Waals surface area contributed by atoms with Crippen molar-refractivity contribution in [1.82, 2.24) is 20.2 Å². The van der Waals surface area contributed by atoms with Crippen LogP contribution in [0.4, 0.5) is 5.69 Å². The molecule has 0 saturated heterocycles. The van der Waals surface area contributed by atoms with Crippen LogP contribution in [0.5, 0.6) is 0 Å². The van der Waals surface area contributed by atoms with Crippen molar-refractivity contribution in [2.24, 2.45) is 5.16 Å². The van der Waals surface area contributed by atoms with Crippen LogP contribution in [0.25, 0.3) is 0 Å². The summed E-state index contributed by atoms with van der Waals surface area (Å²) < 4.78 is 1.56. The standard InChI is InChI=1S/C16H14N6O3/c23-18-15(13-4-2-1-3-5-13)10-16-17-19-20-21(16)11-12-6-8-14(9-7-12)22(24)25/h1-9,23H,10-11H2/b18-15+. The summed E-state index contributed by atoms with van der Waals surface area (Å²) in [4.78, 5) is 10.3. The molecule has 1 aromatic heterocycles. The SMILES string of the molecule is O=[N+]([O-])c1ccc(Cn2nnnc2C/C(=N\O)c2ccccc2)cc1. The molecule has 0 radical (unpaired) electrons. The molecule has 9 nitrogen and oxygen atoms in total. The molecule has 9 heteroatoms. The lowest BCUT2D eigenvalue weighted by molar-refractivity contribution is -0.384. The van der Waals surface area contributed by atoms with E-state index in [1.807, 2.05) is 30.3 Å². The average Bonchev–Trinajstić information content (AvgIpc) is 3.07. The van der Waals surface area contributed by atoms with E-state index in [2.05, 4.69) is 20.7 Å². The second-order valence-electron chi connectivity index (χ2n) is 5.27. The Bertz CT molecular complexity index is 890.